The van der Waals surface area contributed by atoms with Crippen LogP contribution in [0.1, 0.15) is 39.9 Å². The van der Waals surface area contributed by atoms with Crippen LogP contribution in [0.25, 0.3) is 0 Å². The van der Waals surface area contributed by atoms with Gasteiger partial charge in [0.2, 0.25) is 5.91 Å². The van der Waals surface area contributed by atoms with Gasteiger partial charge in [0.15, 0.2) is 0 Å². The Bertz CT molecular complexity index is 873. The van der Waals surface area contributed by atoms with Crippen LogP contribution in [0, 0.1) is 31.4 Å². The molecule has 1 unspecified atom stereocenters. The number of nitrogens with zero attached hydrogens (tertiary/aromatic N) is 1. The van der Waals surface area contributed by atoms with E-state index in [1.165, 1.54) is 12.1 Å². The Labute approximate surface area is 169 Å². The lowest BCUT2D eigenvalue weighted by Gasteiger charge is -2.32. The summed E-state index contributed by atoms with van der Waals surface area (Å²) in [4.78, 5) is 27.1. The minimum atomic E-state index is -0.626. The van der Waals surface area contributed by atoms with Gasteiger partial charge in [0.1, 0.15) is 11.6 Å². The summed E-state index contributed by atoms with van der Waals surface area (Å²) in [5.74, 6) is -1.70. The lowest BCUT2D eigenvalue weighted by atomic mass is 9.96. The van der Waals surface area contributed by atoms with E-state index in [9.17, 15) is 18.4 Å². The molecule has 0 radical (unpaired) electrons. The summed E-state index contributed by atoms with van der Waals surface area (Å²) in [5, 5.41) is 2.84. The first-order valence-electron chi connectivity index (χ1n) is 9.92. The van der Waals surface area contributed by atoms with Gasteiger partial charge in [0, 0.05) is 31.3 Å². The van der Waals surface area contributed by atoms with Gasteiger partial charge < -0.3 is 10.2 Å². The number of nitrogens with one attached hydrogen (secondary N) is 1. The summed E-state index contributed by atoms with van der Waals surface area (Å²) in [6.07, 6.45) is 1.83. The van der Waals surface area contributed by atoms with E-state index in [0.717, 1.165) is 30.0 Å². The zero-order valence-electron chi connectivity index (χ0n) is 16.8. The highest BCUT2D eigenvalue weighted by Gasteiger charge is 2.28. The maximum atomic E-state index is 13.2. The van der Waals surface area contributed by atoms with Gasteiger partial charge >= 0.3 is 0 Å². The minimum absolute atomic E-state index is 0.0514. The molecule has 1 fully saturated rings. The van der Waals surface area contributed by atoms with Crippen LogP contribution in [0.2, 0.25) is 0 Å². The summed E-state index contributed by atoms with van der Waals surface area (Å²) < 4.78 is 26.5. The smallest absolute Gasteiger partial charge is 0.253 e. The van der Waals surface area contributed by atoms with E-state index in [-0.39, 0.29) is 17.7 Å². The van der Waals surface area contributed by atoms with Crippen molar-refractivity contribution < 1.29 is 18.4 Å². The van der Waals surface area contributed by atoms with Crippen molar-refractivity contribution in [2.24, 2.45) is 5.92 Å². The predicted molar refractivity (Wildman–Crippen MR) is 108 cm³/mol. The Balaban J connectivity index is 1.55. The van der Waals surface area contributed by atoms with E-state index in [0.29, 0.717) is 37.2 Å². The van der Waals surface area contributed by atoms with Crippen molar-refractivity contribution in [2.75, 3.05) is 19.6 Å². The maximum absolute atomic E-state index is 13.2. The number of hydrogen-bond acceptors (Lipinski definition) is 2. The van der Waals surface area contributed by atoms with Crippen molar-refractivity contribution in [2.45, 2.75) is 33.1 Å². The molecule has 1 aliphatic rings. The van der Waals surface area contributed by atoms with Crippen LogP contribution < -0.4 is 5.32 Å². The molecule has 0 saturated carbocycles. The normalized spacial score (nSPS) is 16.6. The molecular formula is C23H26F2N2O2. The minimum Gasteiger partial charge on any atom is -0.355 e. The van der Waals surface area contributed by atoms with Crippen molar-refractivity contribution in [3.63, 3.8) is 0 Å². The molecule has 1 atom stereocenters. The molecule has 2 aromatic carbocycles. The monoisotopic (exact) mass is 400 g/mol. The third-order valence-corrected chi connectivity index (χ3v) is 5.18. The first-order chi connectivity index (χ1) is 13.8. The van der Waals surface area contributed by atoms with E-state index in [1.54, 1.807) is 4.90 Å². The molecule has 1 N–H and O–H groups in total. The first kappa shape index (κ1) is 21.0. The highest BCUT2D eigenvalue weighted by atomic mass is 19.1. The number of rotatable bonds is 5. The number of carbonyl (C=O) groups is 2. The Kier molecular flexibility index (Phi) is 6.62. The van der Waals surface area contributed by atoms with Gasteiger partial charge in [-0.1, -0.05) is 17.2 Å². The highest BCUT2D eigenvalue weighted by molar-refractivity contribution is 5.95. The molecule has 4 nitrogen and oxygen atoms in total. The lowest BCUT2D eigenvalue weighted by Crippen LogP contribution is -2.45. The van der Waals surface area contributed by atoms with Crippen LogP contribution in [-0.2, 0) is 11.2 Å². The first-order valence-corrected chi connectivity index (χ1v) is 9.92. The summed E-state index contributed by atoms with van der Waals surface area (Å²) in [6.45, 7) is 5.23. The standard InChI is InChI=1S/C23H26F2N2O2/c1-15-8-16(2)10-19(9-15)23(29)27-7-3-4-18(14-27)22(28)26-6-5-17-11-20(24)13-21(25)12-17/h8-13,18H,3-7,14H2,1-2H3,(H,26,28). The second-order valence-electron chi connectivity index (χ2n) is 7.79. The van der Waals surface area contributed by atoms with Crippen LogP contribution in [0.15, 0.2) is 36.4 Å². The Morgan fingerprint density at radius 2 is 1.69 bits per heavy atom. The van der Waals surface area contributed by atoms with E-state index in [1.807, 2.05) is 32.0 Å². The summed E-state index contributed by atoms with van der Waals surface area (Å²) >= 11 is 0. The summed E-state index contributed by atoms with van der Waals surface area (Å²) in [6, 6.07) is 9.12. The third kappa shape index (κ3) is 5.62. The number of likely N-dealkylation sites (tertiary alicyclic amines) is 1. The molecule has 0 aromatic heterocycles. The van der Waals surface area contributed by atoms with Gasteiger partial charge in [-0.25, -0.2) is 8.78 Å². The number of halogens is 2. The number of benzene rings is 2. The van der Waals surface area contributed by atoms with Crippen molar-refractivity contribution in [3.8, 4) is 0 Å². The molecule has 154 valence electrons. The van der Waals surface area contributed by atoms with E-state index >= 15 is 0 Å². The van der Waals surface area contributed by atoms with E-state index in [2.05, 4.69) is 5.32 Å². The predicted octanol–water partition coefficient (Wildman–Crippen LogP) is 3.79. The molecule has 29 heavy (non-hydrogen) atoms. The summed E-state index contributed by atoms with van der Waals surface area (Å²) in [7, 11) is 0. The number of piperidine rings is 1. The molecule has 0 bridgehead atoms. The van der Waals surface area contributed by atoms with Crippen molar-refractivity contribution >= 4 is 11.8 Å². The molecule has 1 saturated heterocycles. The molecule has 1 aliphatic heterocycles. The largest absolute Gasteiger partial charge is 0.355 e. The average Bonchev–Trinajstić information content (AvgIpc) is 2.66. The fourth-order valence-corrected chi connectivity index (χ4v) is 3.89. The second kappa shape index (κ2) is 9.16. The van der Waals surface area contributed by atoms with Crippen LogP contribution in [0.5, 0.6) is 0 Å². The molecule has 3 rings (SSSR count). The topological polar surface area (TPSA) is 49.4 Å². The van der Waals surface area contributed by atoms with Crippen molar-refractivity contribution in [3.05, 3.63) is 70.3 Å². The molecule has 0 spiro atoms. The number of carbonyl (C=O) groups excluding carboxylic acids is 2. The molecule has 6 heteroatoms. The molecule has 2 amide bonds. The quantitative estimate of drug-likeness (QED) is 0.830. The fraction of sp³-hybridized carbons (Fsp3) is 0.391. The molecule has 1 heterocycles. The molecule has 0 aliphatic carbocycles. The van der Waals surface area contributed by atoms with Gasteiger partial charge in [-0.3, -0.25) is 9.59 Å². The fourth-order valence-electron chi connectivity index (χ4n) is 3.89. The van der Waals surface area contributed by atoms with Crippen molar-refractivity contribution in [1.29, 1.82) is 0 Å². The summed E-state index contributed by atoms with van der Waals surface area (Å²) in [5.41, 5.74) is 3.22. The average molecular weight is 400 g/mol. The van der Waals surface area contributed by atoms with Crippen LogP contribution >= 0.6 is 0 Å². The van der Waals surface area contributed by atoms with Crippen molar-refractivity contribution in [1.82, 2.24) is 10.2 Å². The number of hydrogen-bond donors (Lipinski definition) is 1. The number of aryl methyl sites for hydroxylation is 2. The van der Waals surface area contributed by atoms with Gasteiger partial charge in [0.05, 0.1) is 5.92 Å². The maximum Gasteiger partial charge on any atom is 0.253 e. The number of amides is 2. The second-order valence-corrected chi connectivity index (χ2v) is 7.79. The van der Waals surface area contributed by atoms with Crippen LogP contribution in [-0.4, -0.2) is 36.3 Å². The van der Waals surface area contributed by atoms with E-state index < -0.39 is 11.6 Å². The SMILES string of the molecule is Cc1cc(C)cc(C(=O)N2CCCC(C(=O)NCCc3cc(F)cc(F)c3)C2)c1. The third-order valence-electron chi connectivity index (χ3n) is 5.18. The van der Waals surface area contributed by atoms with Gasteiger partial charge in [-0.15, -0.1) is 0 Å². The van der Waals surface area contributed by atoms with E-state index in [4.69, 9.17) is 0 Å². The van der Waals surface area contributed by atoms with Crippen LogP contribution in [0.4, 0.5) is 8.78 Å². The van der Waals surface area contributed by atoms with Crippen LogP contribution in [0.3, 0.4) is 0 Å². The van der Waals surface area contributed by atoms with Gasteiger partial charge in [-0.2, -0.15) is 0 Å². The highest BCUT2D eigenvalue weighted by Crippen LogP contribution is 2.20. The Morgan fingerprint density at radius 3 is 2.34 bits per heavy atom. The molecule has 2 aromatic rings. The zero-order valence-corrected chi connectivity index (χ0v) is 16.8. The Hall–Kier alpha value is -2.76. The molecular weight excluding hydrogens is 374 g/mol. The van der Waals surface area contributed by atoms with Gasteiger partial charge in [0.25, 0.3) is 5.91 Å². The lowest BCUT2D eigenvalue weighted by molar-refractivity contribution is -0.126. The zero-order chi connectivity index (χ0) is 21.0. The van der Waals surface area contributed by atoms with Gasteiger partial charge in [-0.05, 0) is 62.9 Å². The Morgan fingerprint density at radius 1 is 1.03 bits per heavy atom.